The predicted molar refractivity (Wildman–Crippen MR) is 67.8 cm³/mol. The van der Waals surface area contributed by atoms with E-state index >= 15 is 0 Å². The normalized spacial score (nSPS) is 20.6. The van der Waals surface area contributed by atoms with E-state index in [1.165, 1.54) is 12.3 Å². The molecule has 4 nitrogen and oxygen atoms in total. The van der Waals surface area contributed by atoms with Crippen molar-refractivity contribution in [1.82, 2.24) is 10.3 Å². The van der Waals surface area contributed by atoms with Crippen LogP contribution >= 0.6 is 0 Å². The summed E-state index contributed by atoms with van der Waals surface area (Å²) in [5.41, 5.74) is 0.537. The standard InChI is InChI=1S/C13H18FN3O/c1-9(2)16-12-4-3-5-17(13(12)18)11-6-10(14)7-15-8-11/h6-9,12,16H,3-5H2,1-2H3. The molecule has 1 unspecified atom stereocenters. The molecule has 1 aliphatic heterocycles. The molecule has 18 heavy (non-hydrogen) atoms. The summed E-state index contributed by atoms with van der Waals surface area (Å²) in [6, 6.07) is 1.43. The average molecular weight is 251 g/mol. The minimum atomic E-state index is -0.417. The van der Waals surface area contributed by atoms with Gasteiger partial charge in [-0.2, -0.15) is 0 Å². The van der Waals surface area contributed by atoms with Gasteiger partial charge in [-0.1, -0.05) is 13.8 Å². The van der Waals surface area contributed by atoms with Crippen LogP contribution in [0.1, 0.15) is 26.7 Å². The molecule has 1 atom stereocenters. The quantitative estimate of drug-likeness (QED) is 0.889. The Balaban J connectivity index is 2.16. The van der Waals surface area contributed by atoms with E-state index < -0.39 is 5.82 Å². The molecule has 1 fully saturated rings. The van der Waals surface area contributed by atoms with E-state index in [0.29, 0.717) is 12.2 Å². The van der Waals surface area contributed by atoms with Gasteiger partial charge in [0, 0.05) is 18.7 Å². The van der Waals surface area contributed by atoms with Gasteiger partial charge in [0.15, 0.2) is 0 Å². The Morgan fingerprint density at radius 2 is 2.28 bits per heavy atom. The summed E-state index contributed by atoms with van der Waals surface area (Å²) >= 11 is 0. The van der Waals surface area contributed by atoms with Crippen LogP contribution in [0, 0.1) is 5.82 Å². The molecule has 0 bridgehead atoms. The third-order valence-electron chi connectivity index (χ3n) is 2.98. The van der Waals surface area contributed by atoms with E-state index in [-0.39, 0.29) is 18.0 Å². The third-order valence-corrected chi connectivity index (χ3v) is 2.98. The highest BCUT2D eigenvalue weighted by molar-refractivity contribution is 5.97. The van der Waals surface area contributed by atoms with Gasteiger partial charge in [0.25, 0.3) is 0 Å². The lowest BCUT2D eigenvalue weighted by atomic mass is 10.0. The molecule has 0 radical (unpaired) electrons. The Kier molecular flexibility index (Phi) is 3.91. The number of piperidine rings is 1. The molecule has 5 heteroatoms. The summed E-state index contributed by atoms with van der Waals surface area (Å²) in [4.78, 5) is 17.7. The van der Waals surface area contributed by atoms with Crippen LogP contribution in [0.4, 0.5) is 10.1 Å². The molecule has 1 aromatic heterocycles. The topological polar surface area (TPSA) is 45.2 Å². The number of anilines is 1. The van der Waals surface area contributed by atoms with Crippen molar-refractivity contribution in [2.45, 2.75) is 38.8 Å². The van der Waals surface area contributed by atoms with Crippen molar-refractivity contribution in [1.29, 1.82) is 0 Å². The summed E-state index contributed by atoms with van der Waals surface area (Å²) in [5, 5.41) is 3.24. The lowest BCUT2D eigenvalue weighted by Crippen LogP contribution is -2.52. The number of hydrogen-bond donors (Lipinski definition) is 1. The molecular formula is C13H18FN3O. The second kappa shape index (κ2) is 5.44. The van der Waals surface area contributed by atoms with Crippen LogP contribution in [0.2, 0.25) is 0 Å². The number of nitrogens with one attached hydrogen (secondary N) is 1. The molecule has 0 aliphatic carbocycles. The monoisotopic (exact) mass is 251 g/mol. The molecule has 98 valence electrons. The molecular weight excluding hydrogens is 233 g/mol. The van der Waals surface area contributed by atoms with Gasteiger partial charge in [-0.15, -0.1) is 0 Å². The van der Waals surface area contributed by atoms with Crippen molar-refractivity contribution in [3.63, 3.8) is 0 Å². The zero-order chi connectivity index (χ0) is 13.1. The van der Waals surface area contributed by atoms with Gasteiger partial charge in [-0.3, -0.25) is 9.78 Å². The molecule has 2 rings (SSSR count). The smallest absolute Gasteiger partial charge is 0.244 e. The molecule has 1 saturated heterocycles. The molecule has 0 saturated carbocycles. The Morgan fingerprint density at radius 3 is 2.94 bits per heavy atom. The number of hydrogen-bond acceptors (Lipinski definition) is 3. The van der Waals surface area contributed by atoms with E-state index in [4.69, 9.17) is 0 Å². The third kappa shape index (κ3) is 2.85. The minimum absolute atomic E-state index is 0.00218. The summed E-state index contributed by atoms with van der Waals surface area (Å²) in [7, 11) is 0. The van der Waals surface area contributed by atoms with E-state index in [0.717, 1.165) is 19.0 Å². The highest BCUT2D eigenvalue weighted by Gasteiger charge is 2.30. The van der Waals surface area contributed by atoms with Crippen molar-refractivity contribution in [2.24, 2.45) is 0 Å². The Morgan fingerprint density at radius 1 is 1.50 bits per heavy atom. The van der Waals surface area contributed by atoms with E-state index in [9.17, 15) is 9.18 Å². The van der Waals surface area contributed by atoms with Crippen LogP contribution in [-0.2, 0) is 4.79 Å². The zero-order valence-electron chi connectivity index (χ0n) is 10.7. The van der Waals surface area contributed by atoms with Gasteiger partial charge < -0.3 is 10.2 Å². The Labute approximate surface area is 106 Å². The highest BCUT2D eigenvalue weighted by Crippen LogP contribution is 2.21. The van der Waals surface area contributed by atoms with Crippen molar-refractivity contribution < 1.29 is 9.18 Å². The first-order chi connectivity index (χ1) is 8.58. The average Bonchev–Trinajstić information content (AvgIpc) is 2.31. The maximum Gasteiger partial charge on any atom is 0.244 e. The van der Waals surface area contributed by atoms with Crippen LogP contribution in [0.3, 0.4) is 0 Å². The zero-order valence-corrected chi connectivity index (χ0v) is 10.7. The number of nitrogens with zero attached hydrogens (tertiary/aromatic N) is 2. The van der Waals surface area contributed by atoms with Gasteiger partial charge in [-0.05, 0) is 12.8 Å². The van der Waals surface area contributed by atoms with Gasteiger partial charge in [0.2, 0.25) is 5.91 Å². The molecule has 1 amide bonds. The fourth-order valence-corrected chi connectivity index (χ4v) is 2.24. The molecule has 1 aromatic rings. The van der Waals surface area contributed by atoms with Crippen molar-refractivity contribution >= 4 is 11.6 Å². The largest absolute Gasteiger partial charge is 0.309 e. The maximum atomic E-state index is 13.1. The second-order valence-electron chi connectivity index (χ2n) is 4.87. The molecule has 1 aliphatic rings. The van der Waals surface area contributed by atoms with Crippen LogP contribution in [-0.4, -0.2) is 29.5 Å². The SMILES string of the molecule is CC(C)NC1CCCN(c2cncc(F)c2)C1=O. The summed E-state index contributed by atoms with van der Waals surface area (Å²) in [6.45, 7) is 4.65. The van der Waals surface area contributed by atoms with Crippen LogP contribution in [0.5, 0.6) is 0 Å². The molecule has 1 N–H and O–H groups in total. The highest BCUT2D eigenvalue weighted by atomic mass is 19.1. The van der Waals surface area contributed by atoms with Gasteiger partial charge >= 0.3 is 0 Å². The maximum absolute atomic E-state index is 13.1. The molecule has 0 aromatic carbocycles. The van der Waals surface area contributed by atoms with Crippen LogP contribution in [0.25, 0.3) is 0 Å². The first kappa shape index (κ1) is 13.0. The van der Waals surface area contributed by atoms with E-state index in [1.807, 2.05) is 13.8 Å². The van der Waals surface area contributed by atoms with E-state index in [2.05, 4.69) is 10.3 Å². The summed E-state index contributed by atoms with van der Waals surface area (Å²) < 4.78 is 13.1. The lowest BCUT2D eigenvalue weighted by Gasteiger charge is -2.33. The van der Waals surface area contributed by atoms with Gasteiger partial charge in [-0.25, -0.2) is 4.39 Å². The first-order valence-electron chi connectivity index (χ1n) is 6.26. The first-order valence-corrected chi connectivity index (χ1v) is 6.26. The summed E-state index contributed by atoms with van der Waals surface area (Å²) in [5.74, 6) is -0.415. The fourth-order valence-electron chi connectivity index (χ4n) is 2.24. The van der Waals surface area contributed by atoms with Crippen molar-refractivity contribution in [3.8, 4) is 0 Å². The number of amides is 1. The number of halogens is 1. The molecule has 0 spiro atoms. The van der Waals surface area contributed by atoms with Gasteiger partial charge in [0.05, 0.1) is 24.1 Å². The number of aromatic nitrogens is 1. The number of carbonyl (C=O) groups excluding carboxylic acids is 1. The minimum Gasteiger partial charge on any atom is -0.309 e. The fraction of sp³-hybridized carbons (Fsp3) is 0.538. The lowest BCUT2D eigenvalue weighted by molar-refractivity contribution is -0.121. The van der Waals surface area contributed by atoms with Crippen molar-refractivity contribution in [2.75, 3.05) is 11.4 Å². The number of carbonyl (C=O) groups is 1. The van der Waals surface area contributed by atoms with Crippen LogP contribution < -0.4 is 10.2 Å². The number of rotatable bonds is 3. The predicted octanol–water partition coefficient (Wildman–Crippen LogP) is 1.71. The number of pyridine rings is 1. The van der Waals surface area contributed by atoms with E-state index in [1.54, 1.807) is 4.90 Å². The van der Waals surface area contributed by atoms with Crippen molar-refractivity contribution in [3.05, 3.63) is 24.3 Å². The van der Waals surface area contributed by atoms with Crippen LogP contribution in [0.15, 0.2) is 18.5 Å². The second-order valence-corrected chi connectivity index (χ2v) is 4.87. The Bertz CT molecular complexity index is 436. The summed E-state index contributed by atoms with van der Waals surface area (Å²) in [6.07, 6.45) is 4.41. The Hall–Kier alpha value is -1.49. The molecule has 2 heterocycles. The van der Waals surface area contributed by atoms with Gasteiger partial charge in [0.1, 0.15) is 5.82 Å².